The van der Waals surface area contributed by atoms with Crippen LogP contribution in [-0.2, 0) is 14.3 Å². The Morgan fingerprint density at radius 3 is 2.55 bits per heavy atom. The number of rotatable bonds is 2. The van der Waals surface area contributed by atoms with E-state index in [9.17, 15) is 9.59 Å². The topological polar surface area (TPSA) is 68.7 Å². The van der Waals surface area contributed by atoms with Crippen LogP contribution in [-0.4, -0.2) is 47.7 Å². The number of hydrogen-bond donors (Lipinski definition) is 0. The summed E-state index contributed by atoms with van der Waals surface area (Å²) >= 11 is 6.32. The van der Waals surface area contributed by atoms with Crippen LogP contribution in [0.5, 0.6) is 0 Å². The summed E-state index contributed by atoms with van der Waals surface area (Å²) in [6.45, 7) is 6.84. The highest BCUT2D eigenvalue weighted by molar-refractivity contribution is 6.31. The monoisotopic (exact) mass is 468 g/mol. The van der Waals surface area contributed by atoms with Crippen LogP contribution in [0.15, 0.2) is 36.5 Å². The van der Waals surface area contributed by atoms with E-state index in [0.717, 1.165) is 35.2 Å². The summed E-state index contributed by atoms with van der Waals surface area (Å²) < 4.78 is 10.6. The minimum atomic E-state index is -0.522. The molecule has 2 heterocycles. The number of ether oxygens (including phenoxy) is 2. The van der Waals surface area contributed by atoms with Gasteiger partial charge in [-0.1, -0.05) is 23.7 Å². The van der Waals surface area contributed by atoms with Gasteiger partial charge < -0.3 is 14.4 Å². The van der Waals surface area contributed by atoms with Crippen LogP contribution in [0, 0.1) is 5.92 Å². The Bertz CT molecular complexity index is 1100. The van der Waals surface area contributed by atoms with Crippen molar-refractivity contribution in [1.82, 2.24) is 9.88 Å². The van der Waals surface area contributed by atoms with Gasteiger partial charge in [-0.15, -0.1) is 0 Å². The first-order valence-electron chi connectivity index (χ1n) is 11.2. The highest BCUT2D eigenvalue weighted by atomic mass is 35.5. The van der Waals surface area contributed by atoms with Gasteiger partial charge in [-0.2, -0.15) is 0 Å². The van der Waals surface area contributed by atoms with Crippen molar-refractivity contribution >= 4 is 35.3 Å². The second-order valence-electron chi connectivity index (χ2n) is 9.54. The van der Waals surface area contributed by atoms with Gasteiger partial charge in [-0.3, -0.25) is 4.98 Å². The Labute approximate surface area is 199 Å². The molecule has 4 rings (SSSR count). The lowest BCUT2D eigenvalue weighted by Crippen LogP contribution is -2.42. The lowest BCUT2D eigenvalue weighted by molar-refractivity contribution is -0.133. The van der Waals surface area contributed by atoms with Crippen molar-refractivity contribution in [2.75, 3.05) is 20.2 Å². The van der Waals surface area contributed by atoms with E-state index in [2.05, 4.69) is 0 Å². The van der Waals surface area contributed by atoms with Gasteiger partial charge in [-0.05, 0) is 74.9 Å². The van der Waals surface area contributed by atoms with Gasteiger partial charge in [0.1, 0.15) is 5.60 Å². The van der Waals surface area contributed by atoms with Crippen molar-refractivity contribution in [3.05, 3.63) is 63.9 Å². The number of likely N-dealkylation sites (tertiary alicyclic amines) is 1. The van der Waals surface area contributed by atoms with Gasteiger partial charge in [0.2, 0.25) is 0 Å². The molecule has 0 saturated carbocycles. The Morgan fingerprint density at radius 2 is 1.88 bits per heavy atom. The second-order valence-corrected chi connectivity index (χ2v) is 9.98. The Hall–Kier alpha value is -2.86. The maximum Gasteiger partial charge on any atom is 0.410 e. The van der Waals surface area contributed by atoms with Gasteiger partial charge in [0.15, 0.2) is 0 Å². The third-order valence-corrected chi connectivity index (χ3v) is 6.41. The van der Waals surface area contributed by atoms with Gasteiger partial charge in [0.25, 0.3) is 0 Å². The van der Waals surface area contributed by atoms with E-state index in [-0.39, 0.29) is 17.9 Å². The van der Waals surface area contributed by atoms with Crippen LogP contribution in [0.4, 0.5) is 4.79 Å². The van der Waals surface area contributed by atoms with E-state index in [1.807, 2.05) is 57.2 Å². The summed E-state index contributed by atoms with van der Waals surface area (Å²) in [5, 5.41) is 0.603. The third kappa shape index (κ3) is 4.91. The highest BCUT2D eigenvalue weighted by Gasteiger charge is 2.37. The molecule has 1 unspecified atom stereocenters. The molecule has 1 aromatic heterocycles. The average molecular weight is 469 g/mol. The number of benzene rings is 1. The molecule has 1 aromatic carbocycles. The van der Waals surface area contributed by atoms with E-state index >= 15 is 0 Å². The summed E-state index contributed by atoms with van der Waals surface area (Å²) in [6, 6.07) is 9.54. The number of halogens is 1. The number of methoxy groups -OCH3 is 1. The molecule has 7 heteroatoms. The molecule has 1 saturated heterocycles. The summed E-state index contributed by atoms with van der Waals surface area (Å²) in [4.78, 5) is 31.8. The summed E-state index contributed by atoms with van der Waals surface area (Å²) in [7, 11) is 1.38. The fourth-order valence-electron chi connectivity index (χ4n) is 4.73. The lowest BCUT2D eigenvalue weighted by atomic mass is 9.76. The summed E-state index contributed by atoms with van der Waals surface area (Å²) in [5.41, 5.74) is 3.54. The standard InChI is InChI=1S/C26H29ClN2O4/c1-26(2,3)33-25(31)29-12-9-16(10-13-29)22-19-8-7-18(27)14-17(19)15-21(24(30)32-4)20-6-5-11-28-23(20)22/h5-8,11,14-16,22H,9-10,12-13H2,1-4H3. The number of amides is 1. The van der Waals surface area contributed by atoms with Crippen molar-refractivity contribution in [2.45, 2.75) is 45.1 Å². The SMILES string of the molecule is COC(=O)C1=Cc2cc(Cl)ccc2C(C2CCN(C(=O)OC(C)(C)C)CC2)c2ncccc21. The van der Waals surface area contributed by atoms with Crippen molar-refractivity contribution in [2.24, 2.45) is 5.92 Å². The number of pyridine rings is 1. The summed E-state index contributed by atoms with van der Waals surface area (Å²) in [6.07, 6.45) is 4.94. The number of carbonyl (C=O) groups is 2. The van der Waals surface area contributed by atoms with E-state index < -0.39 is 11.6 Å². The van der Waals surface area contributed by atoms with Crippen molar-refractivity contribution in [1.29, 1.82) is 0 Å². The fraction of sp³-hybridized carbons (Fsp3) is 0.423. The van der Waals surface area contributed by atoms with Crippen LogP contribution in [0.1, 0.15) is 61.9 Å². The van der Waals surface area contributed by atoms with Crippen molar-refractivity contribution in [3.63, 3.8) is 0 Å². The molecule has 1 aliphatic heterocycles. The third-order valence-electron chi connectivity index (χ3n) is 6.18. The molecule has 0 radical (unpaired) electrons. The maximum atomic E-state index is 12.7. The molecule has 6 nitrogen and oxygen atoms in total. The maximum absolute atomic E-state index is 12.7. The number of hydrogen-bond acceptors (Lipinski definition) is 5. The van der Waals surface area contributed by atoms with Gasteiger partial charge in [0, 0.05) is 35.8 Å². The predicted octanol–water partition coefficient (Wildman–Crippen LogP) is 5.54. The molecule has 2 aliphatic rings. The minimum Gasteiger partial charge on any atom is -0.465 e. The average Bonchev–Trinajstić information content (AvgIpc) is 2.92. The van der Waals surface area contributed by atoms with E-state index in [1.54, 1.807) is 11.1 Å². The zero-order valence-electron chi connectivity index (χ0n) is 19.4. The molecule has 174 valence electrons. The largest absolute Gasteiger partial charge is 0.465 e. The molecule has 33 heavy (non-hydrogen) atoms. The molecular weight excluding hydrogens is 440 g/mol. The molecule has 0 bridgehead atoms. The quantitative estimate of drug-likeness (QED) is 0.541. The number of fused-ring (bicyclic) bond motifs is 2. The second kappa shape index (κ2) is 9.18. The predicted molar refractivity (Wildman–Crippen MR) is 128 cm³/mol. The Morgan fingerprint density at radius 1 is 1.15 bits per heavy atom. The van der Waals surface area contributed by atoms with Gasteiger partial charge >= 0.3 is 12.1 Å². The molecule has 1 atom stereocenters. The lowest BCUT2D eigenvalue weighted by Gasteiger charge is -2.37. The molecule has 1 fully saturated rings. The summed E-state index contributed by atoms with van der Waals surface area (Å²) in [5.74, 6) is -0.203. The molecule has 1 amide bonds. The van der Waals surface area contributed by atoms with E-state index in [0.29, 0.717) is 23.7 Å². The Kier molecular flexibility index (Phi) is 6.48. The number of aromatic nitrogens is 1. The van der Waals surface area contributed by atoms with E-state index in [1.165, 1.54) is 7.11 Å². The molecule has 0 spiro atoms. The molecular formula is C26H29ClN2O4. The Balaban J connectivity index is 1.70. The van der Waals surface area contributed by atoms with Crippen molar-refractivity contribution in [3.8, 4) is 0 Å². The van der Waals surface area contributed by atoms with Crippen LogP contribution < -0.4 is 0 Å². The fourth-order valence-corrected chi connectivity index (χ4v) is 4.91. The number of piperidine rings is 1. The molecule has 1 aliphatic carbocycles. The van der Waals surface area contributed by atoms with Gasteiger partial charge in [0.05, 0.1) is 18.4 Å². The van der Waals surface area contributed by atoms with Crippen LogP contribution in [0.25, 0.3) is 11.6 Å². The normalized spacial score (nSPS) is 18.5. The van der Waals surface area contributed by atoms with E-state index in [4.69, 9.17) is 26.1 Å². The zero-order valence-corrected chi connectivity index (χ0v) is 20.2. The first-order chi connectivity index (χ1) is 15.7. The van der Waals surface area contributed by atoms with Crippen LogP contribution >= 0.6 is 11.6 Å². The molecule has 0 N–H and O–H groups in total. The van der Waals surface area contributed by atoms with Crippen LogP contribution in [0.2, 0.25) is 5.02 Å². The molecule has 2 aromatic rings. The smallest absolute Gasteiger partial charge is 0.410 e. The number of nitrogens with zero attached hydrogens (tertiary/aromatic N) is 2. The van der Waals surface area contributed by atoms with Crippen LogP contribution in [0.3, 0.4) is 0 Å². The number of esters is 1. The van der Waals surface area contributed by atoms with Crippen molar-refractivity contribution < 1.29 is 19.1 Å². The number of carbonyl (C=O) groups excluding carboxylic acids is 2. The van der Waals surface area contributed by atoms with Gasteiger partial charge in [-0.25, -0.2) is 9.59 Å². The highest BCUT2D eigenvalue weighted by Crippen LogP contribution is 2.45. The minimum absolute atomic E-state index is 0.0346. The zero-order chi connectivity index (χ0) is 23.8. The first-order valence-corrected chi connectivity index (χ1v) is 11.6. The first kappa shape index (κ1) is 23.3.